The van der Waals surface area contributed by atoms with E-state index < -0.39 is 10.0 Å². The van der Waals surface area contributed by atoms with Gasteiger partial charge in [0.1, 0.15) is 0 Å². The van der Waals surface area contributed by atoms with Crippen molar-refractivity contribution in [2.24, 2.45) is 11.8 Å². The molecule has 38 heavy (non-hydrogen) atoms. The van der Waals surface area contributed by atoms with Crippen LogP contribution in [0.3, 0.4) is 0 Å². The number of carbonyl (C=O) groups is 1. The Morgan fingerprint density at radius 3 is 2.11 bits per heavy atom. The SMILES string of the molecule is CCc1ccc(NC(=O)c2ccc(N3CC(C)CC(C)C3)c(NS(=O)(=O)c3c(C)cc(C)cc3C)c2)cc1. The Hall–Kier alpha value is -3.32. The number of sulfonamides is 1. The van der Waals surface area contributed by atoms with E-state index in [0.29, 0.717) is 39.9 Å². The third-order valence-electron chi connectivity index (χ3n) is 7.21. The number of anilines is 3. The van der Waals surface area contributed by atoms with Gasteiger partial charge < -0.3 is 10.2 Å². The summed E-state index contributed by atoms with van der Waals surface area (Å²) >= 11 is 0. The van der Waals surface area contributed by atoms with Crippen LogP contribution in [0.25, 0.3) is 0 Å². The second-order valence-electron chi connectivity index (χ2n) is 10.9. The van der Waals surface area contributed by atoms with E-state index in [1.165, 1.54) is 5.56 Å². The van der Waals surface area contributed by atoms with Gasteiger partial charge >= 0.3 is 0 Å². The van der Waals surface area contributed by atoms with Crippen LogP contribution >= 0.6 is 0 Å². The van der Waals surface area contributed by atoms with E-state index in [0.717, 1.165) is 37.2 Å². The summed E-state index contributed by atoms with van der Waals surface area (Å²) in [5.74, 6) is 0.682. The second-order valence-corrected chi connectivity index (χ2v) is 12.5. The third-order valence-corrected chi connectivity index (χ3v) is 8.88. The molecule has 1 fully saturated rings. The van der Waals surface area contributed by atoms with Gasteiger partial charge in [0, 0.05) is 24.3 Å². The molecule has 202 valence electrons. The number of benzene rings is 3. The van der Waals surface area contributed by atoms with Gasteiger partial charge in [-0.2, -0.15) is 0 Å². The number of nitrogens with one attached hydrogen (secondary N) is 2. The molecule has 1 aliphatic heterocycles. The normalized spacial score (nSPS) is 17.8. The highest BCUT2D eigenvalue weighted by molar-refractivity contribution is 7.92. The molecule has 0 aliphatic carbocycles. The maximum absolute atomic E-state index is 13.7. The van der Waals surface area contributed by atoms with Crippen molar-refractivity contribution in [2.45, 2.75) is 59.3 Å². The molecule has 0 radical (unpaired) electrons. The van der Waals surface area contributed by atoms with E-state index in [1.54, 1.807) is 12.1 Å². The topological polar surface area (TPSA) is 78.5 Å². The molecular weight excluding hydrogens is 494 g/mol. The zero-order valence-electron chi connectivity index (χ0n) is 23.3. The van der Waals surface area contributed by atoms with Gasteiger partial charge in [-0.25, -0.2) is 8.42 Å². The molecule has 3 aromatic rings. The highest BCUT2D eigenvalue weighted by Crippen LogP contribution is 2.35. The lowest BCUT2D eigenvalue weighted by Gasteiger charge is -2.37. The zero-order chi connectivity index (χ0) is 27.6. The first-order chi connectivity index (χ1) is 18.0. The van der Waals surface area contributed by atoms with Crippen LogP contribution in [0, 0.1) is 32.6 Å². The smallest absolute Gasteiger partial charge is 0.262 e. The van der Waals surface area contributed by atoms with Gasteiger partial charge in [-0.15, -0.1) is 0 Å². The number of nitrogens with zero attached hydrogens (tertiary/aromatic N) is 1. The summed E-state index contributed by atoms with van der Waals surface area (Å²) in [6.45, 7) is 13.8. The van der Waals surface area contributed by atoms with Crippen molar-refractivity contribution < 1.29 is 13.2 Å². The summed E-state index contributed by atoms with van der Waals surface area (Å²) in [6.07, 6.45) is 2.06. The van der Waals surface area contributed by atoms with Gasteiger partial charge in [0.25, 0.3) is 15.9 Å². The van der Waals surface area contributed by atoms with Crippen LogP contribution < -0.4 is 14.9 Å². The van der Waals surface area contributed by atoms with Crippen LogP contribution in [0.4, 0.5) is 17.1 Å². The van der Waals surface area contributed by atoms with E-state index in [-0.39, 0.29) is 10.8 Å². The molecule has 1 amide bonds. The van der Waals surface area contributed by atoms with Crippen molar-refractivity contribution in [2.75, 3.05) is 28.0 Å². The number of aryl methyl sites for hydroxylation is 4. The fourth-order valence-corrected chi connectivity index (χ4v) is 7.23. The van der Waals surface area contributed by atoms with Crippen LogP contribution in [0.2, 0.25) is 0 Å². The molecular formula is C31H39N3O3S. The molecule has 1 heterocycles. The van der Waals surface area contributed by atoms with Gasteiger partial charge in [0.2, 0.25) is 0 Å². The third kappa shape index (κ3) is 6.21. The molecule has 4 rings (SSSR count). The van der Waals surface area contributed by atoms with Crippen LogP contribution in [0.15, 0.2) is 59.5 Å². The molecule has 2 N–H and O–H groups in total. The second kappa shape index (κ2) is 11.2. The molecule has 6 nitrogen and oxygen atoms in total. The number of hydrogen-bond acceptors (Lipinski definition) is 4. The first-order valence-corrected chi connectivity index (χ1v) is 14.8. The average molecular weight is 534 g/mol. The predicted molar refractivity (Wildman–Crippen MR) is 157 cm³/mol. The first kappa shape index (κ1) is 27.7. The summed E-state index contributed by atoms with van der Waals surface area (Å²) in [6, 6.07) is 16.8. The maximum Gasteiger partial charge on any atom is 0.262 e. The van der Waals surface area contributed by atoms with Crippen molar-refractivity contribution in [3.63, 3.8) is 0 Å². The van der Waals surface area contributed by atoms with Crippen molar-refractivity contribution >= 4 is 33.0 Å². The number of amides is 1. The van der Waals surface area contributed by atoms with Crippen LogP contribution in [-0.4, -0.2) is 27.4 Å². The Bertz CT molecular complexity index is 1400. The Kier molecular flexibility index (Phi) is 8.16. The average Bonchev–Trinajstić information content (AvgIpc) is 2.82. The number of hydrogen-bond donors (Lipinski definition) is 2. The van der Waals surface area contributed by atoms with E-state index in [1.807, 2.05) is 63.2 Å². The minimum absolute atomic E-state index is 0.278. The standard InChI is InChI=1S/C31H39N3O3S/c1-7-25-8-11-27(12-9-25)32-31(35)26-10-13-29(34-18-21(3)14-22(4)19-34)28(17-26)33-38(36,37)30-23(5)15-20(2)16-24(30)6/h8-13,15-17,21-22,33H,7,14,18-19H2,1-6H3,(H,32,35). The van der Waals surface area contributed by atoms with Crippen molar-refractivity contribution in [3.05, 3.63) is 82.4 Å². The molecule has 0 bridgehead atoms. The van der Waals surface area contributed by atoms with Gasteiger partial charge in [-0.3, -0.25) is 9.52 Å². The zero-order valence-corrected chi connectivity index (χ0v) is 24.1. The molecule has 0 aromatic heterocycles. The van der Waals surface area contributed by atoms with Crippen molar-refractivity contribution in [1.82, 2.24) is 0 Å². The lowest BCUT2D eigenvalue weighted by molar-refractivity contribution is 0.102. The Balaban J connectivity index is 1.72. The minimum atomic E-state index is -3.90. The molecule has 7 heteroatoms. The van der Waals surface area contributed by atoms with Gasteiger partial charge in [-0.05, 0) is 92.5 Å². The Morgan fingerprint density at radius 1 is 0.921 bits per heavy atom. The summed E-state index contributed by atoms with van der Waals surface area (Å²) in [7, 11) is -3.90. The Morgan fingerprint density at radius 2 is 1.53 bits per heavy atom. The van der Waals surface area contributed by atoms with Crippen LogP contribution in [0.5, 0.6) is 0 Å². The molecule has 2 unspecified atom stereocenters. The molecule has 1 saturated heterocycles. The quantitative estimate of drug-likeness (QED) is 0.354. The molecule has 0 saturated carbocycles. The van der Waals surface area contributed by atoms with E-state index in [9.17, 15) is 13.2 Å². The summed E-state index contributed by atoms with van der Waals surface area (Å²) < 4.78 is 30.3. The highest BCUT2D eigenvalue weighted by atomic mass is 32.2. The predicted octanol–water partition coefficient (Wildman–Crippen LogP) is 6.71. The first-order valence-electron chi connectivity index (χ1n) is 13.4. The minimum Gasteiger partial charge on any atom is -0.369 e. The number of carbonyl (C=O) groups excluding carboxylic acids is 1. The van der Waals surface area contributed by atoms with Gasteiger partial charge in [0.05, 0.1) is 16.3 Å². The molecule has 1 aliphatic rings. The van der Waals surface area contributed by atoms with E-state index >= 15 is 0 Å². The fraction of sp³-hybridized carbons (Fsp3) is 0.387. The molecule has 3 aromatic carbocycles. The molecule has 2 atom stereocenters. The molecule has 0 spiro atoms. The summed E-state index contributed by atoms with van der Waals surface area (Å²) in [4.78, 5) is 15.7. The number of piperidine rings is 1. The van der Waals surface area contributed by atoms with Gasteiger partial charge in [-0.1, -0.05) is 50.6 Å². The lowest BCUT2D eigenvalue weighted by Crippen LogP contribution is -2.39. The highest BCUT2D eigenvalue weighted by Gasteiger charge is 2.27. The largest absolute Gasteiger partial charge is 0.369 e. The van der Waals surface area contributed by atoms with Crippen LogP contribution in [0.1, 0.15) is 59.8 Å². The van der Waals surface area contributed by atoms with Gasteiger partial charge in [0.15, 0.2) is 0 Å². The summed E-state index contributed by atoms with van der Waals surface area (Å²) in [5.41, 5.74) is 5.89. The van der Waals surface area contributed by atoms with Crippen molar-refractivity contribution in [3.8, 4) is 0 Å². The monoisotopic (exact) mass is 533 g/mol. The maximum atomic E-state index is 13.7. The van der Waals surface area contributed by atoms with E-state index in [2.05, 4.69) is 35.7 Å². The lowest BCUT2D eigenvalue weighted by atomic mass is 9.91. The summed E-state index contributed by atoms with van der Waals surface area (Å²) in [5, 5.41) is 2.94. The van der Waals surface area contributed by atoms with E-state index in [4.69, 9.17) is 0 Å². The number of rotatable bonds is 7. The van der Waals surface area contributed by atoms with Crippen LogP contribution in [-0.2, 0) is 16.4 Å². The fourth-order valence-electron chi connectivity index (χ4n) is 5.71. The Labute approximate surface area is 227 Å². The van der Waals surface area contributed by atoms with Crippen molar-refractivity contribution in [1.29, 1.82) is 0 Å².